The first-order valence-electron chi connectivity index (χ1n) is 7.88. The van der Waals surface area contributed by atoms with E-state index in [9.17, 15) is 0 Å². The first-order valence-corrected chi connectivity index (χ1v) is 7.88. The Morgan fingerprint density at radius 2 is 1.71 bits per heavy atom. The van der Waals surface area contributed by atoms with Crippen molar-refractivity contribution in [2.24, 2.45) is 5.41 Å². The second-order valence-corrected chi connectivity index (χ2v) is 7.04. The van der Waals surface area contributed by atoms with E-state index in [0.717, 1.165) is 6.42 Å². The van der Waals surface area contributed by atoms with E-state index < -0.39 is 0 Å². The largest absolute Gasteiger partial charge is 0.303 e. The van der Waals surface area contributed by atoms with Crippen LogP contribution in [0.1, 0.15) is 55.1 Å². The molecule has 1 aliphatic carbocycles. The van der Waals surface area contributed by atoms with Crippen molar-refractivity contribution >= 4 is 0 Å². The lowest BCUT2D eigenvalue weighted by Crippen LogP contribution is -2.33. The van der Waals surface area contributed by atoms with E-state index in [1.807, 2.05) is 0 Å². The summed E-state index contributed by atoms with van der Waals surface area (Å²) in [7, 11) is 0. The minimum atomic E-state index is 0.265. The molecule has 0 saturated carbocycles. The molecule has 0 aromatic heterocycles. The van der Waals surface area contributed by atoms with E-state index in [4.69, 9.17) is 0 Å². The molecule has 1 heteroatoms. The highest BCUT2D eigenvalue weighted by atomic mass is 15.0. The van der Waals surface area contributed by atoms with Gasteiger partial charge in [0.25, 0.3) is 0 Å². The van der Waals surface area contributed by atoms with Gasteiger partial charge in [-0.25, -0.2) is 0 Å². The third-order valence-corrected chi connectivity index (χ3v) is 4.87. The van der Waals surface area contributed by atoms with Crippen molar-refractivity contribution in [1.82, 2.24) is 5.32 Å². The van der Waals surface area contributed by atoms with Crippen molar-refractivity contribution in [3.63, 3.8) is 0 Å². The number of aryl methyl sites for hydroxylation is 1. The van der Waals surface area contributed by atoms with Gasteiger partial charge in [-0.2, -0.15) is 0 Å². The molecule has 3 rings (SSSR count). The van der Waals surface area contributed by atoms with Crippen LogP contribution in [0.25, 0.3) is 0 Å². The van der Waals surface area contributed by atoms with E-state index in [2.05, 4.69) is 81.5 Å². The van der Waals surface area contributed by atoms with Crippen LogP contribution in [0.2, 0.25) is 0 Å². The molecule has 21 heavy (non-hydrogen) atoms. The van der Waals surface area contributed by atoms with Crippen LogP contribution in [0.3, 0.4) is 0 Å². The van der Waals surface area contributed by atoms with Crippen LogP contribution in [0, 0.1) is 12.3 Å². The molecule has 1 aliphatic rings. The summed E-state index contributed by atoms with van der Waals surface area (Å²) in [5.41, 5.74) is 6.00. The maximum absolute atomic E-state index is 3.88. The van der Waals surface area contributed by atoms with Gasteiger partial charge in [0.2, 0.25) is 0 Å². The Morgan fingerprint density at radius 1 is 1.05 bits per heavy atom. The van der Waals surface area contributed by atoms with E-state index in [1.165, 1.54) is 22.3 Å². The van der Waals surface area contributed by atoms with Crippen molar-refractivity contribution in [2.75, 3.05) is 0 Å². The number of nitrogens with one attached hydrogen (secondary N) is 1. The molecule has 0 bridgehead atoms. The Bertz CT molecular complexity index is 642. The lowest BCUT2D eigenvalue weighted by Gasteiger charge is -2.32. The molecule has 2 aromatic rings. The number of benzene rings is 2. The fraction of sp³-hybridized carbons (Fsp3) is 0.400. The number of hydrogen-bond donors (Lipinski definition) is 1. The number of hydrogen-bond acceptors (Lipinski definition) is 1. The molecule has 0 heterocycles. The predicted octanol–water partition coefficient (Wildman–Crippen LogP) is 4.97. The number of fused-ring (bicyclic) bond motifs is 1. The molecule has 0 saturated heterocycles. The molecule has 1 N–H and O–H groups in total. The minimum absolute atomic E-state index is 0.265. The summed E-state index contributed by atoms with van der Waals surface area (Å²) in [4.78, 5) is 0. The zero-order chi connectivity index (χ0) is 15.0. The first kappa shape index (κ1) is 14.3. The smallest absolute Gasteiger partial charge is 0.0382 e. The first-order chi connectivity index (χ1) is 9.99. The van der Waals surface area contributed by atoms with Gasteiger partial charge in [0.15, 0.2) is 0 Å². The van der Waals surface area contributed by atoms with Crippen molar-refractivity contribution in [1.29, 1.82) is 0 Å². The van der Waals surface area contributed by atoms with Crippen LogP contribution in [0.5, 0.6) is 0 Å². The molecule has 2 aromatic carbocycles. The predicted molar refractivity (Wildman–Crippen MR) is 89.4 cm³/mol. The van der Waals surface area contributed by atoms with Gasteiger partial charge in [0, 0.05) is 12.1 Å². The van der Waals surface area contributed by atoms with Crippen LogP contribution >= 0.6 is 0 Å². The molecule has 1 unspecified atom stereocenters. The van der Waals surface area contributed by atoms with Crippen molar-refractivity contribution < 1.29 is 0 Å². The fourth-order valence-corrected chi connectivity index (χ4v) is 3.72. The molecule has 0 aliphatic heterocycles. The third kappa shape index (κ3) is 2.63. The zero-order valence-corrected chi connectivity index (χ0v) is 13.5. The number of rotatable bonds is 3. The van der Waals surface area contributed by atoms with Gasteiger partial charge < -0.3 is 5.32 Å². The highest BCUT2D eigenvalue weighted by Crippen LogP contribution is 2.46. The van der Waals surface area contributed by atoms with E-state index in [1.54, 1.807) is 0 Å². The Kier molecular flexibility index (Phi) is 3.62. The average Bonchev–Trinajstić information content (AvgIpc) is 2.70. The summed E-state index contributed by atoms with van der Waals surface area (Å²) in [5.74, 6) is 0. The second-order valence-electron chi connectivity index (χ2n) is 7.04. The van der Waals surface area contributed by atoms with Gasteiger partial charge in [0.1, 0.15) is 0 Å². The maximum atomic E-state index is 3.88. The lowest BCUT2D eigenvalue weighted by atomic mass is 9.84. The van der Waals surface area contributed by atoms with Crippen LogP contribution in [-0.2, 0) is 6.42 Å². The third-order valence-electron chi connectivity index (χ3n) is 4.87. The van der Waals surface area contributed by atoms with Gasteiger partial charge in [-0.05, 0) is 47.9 Å². The maximum Gasteiger partial charge on any atom is 0.0382 e. The summed E-state index contributed by atoms with van der Waals surface area (Å²) < 4.78 is 0. The van der Waals surface area contributed by atoms with E-state index in [-0.39, 0.29) is 5.41 Å². The highest BCUT2D eigenvalue weighted by Gasteiger charge is 2.39. The van der Waals surface area contributed by atoms with Gasteiger partial charge >= 0.3 is 0 Å². The molecule has 2 atom stereocenters. The van der Waals surface area contributed by atoms with Crippen LogP contribution in [-0.4, -0.2) is 0 Å². The Labute approximate surface area is 128 Å². The van der Waals surface area contributed by atoms with Crippen molar-refractivity contribution in [3.05, 3.63) is 70.8 Å². The molecule has 0 spiro atoms. The van der Waals surface area contributed by atoms with Gasteiger partial charge in [-0.3, -0.25) is 0 Å². The summed E-state index contributed by atoms with van der Waals surface area (Å²) in [6, 6.07) is 18.3. The van der Waals surface area contributed by atoms with Gasteiger partial charge in [0.05, 0.1) is 0 Å². The Hall–Kier alpha value is -1.60. The SMILES string of the molecule is Cc1ccccc1[C@@H](C)NC1c2ccccc2CC1(C)C. The van der Waals surface area contributed by atoms with Crippen LogP contribution in [0.4, 0.5) is 0 Å². The van der Waals surface area contributed by atoms with Gasteiger partial charge in [-0.1, -0.05) is 62.4 Å². The molecular weight excluding hydrogens is 254 g/mol. The quantitative estimate of drug-likeness (QED) is 0.836. The normalized spacial score (nSPS) is 21.0. The van der Waals surface area contributed by atoms with Crippen LogP contribution in [0.15, 0.2) is 48.5 Å². The minimum Gasteiger partial charge on any atom is -0.303 e. The lowest BCUT2D eigenvalue weighted by molar-refractivity contribution is 0.252. The molecule has 0 fully saturated rings. The summed E-state index contributed by atoms with van der Waals surface area (Å²) in [5, 5.41) is 3.88. The van der Waals surface area contributed by atoms with E-state index >= 15 is 0 Å². The monoisotopic (exact) mass is 279 g/mol. The molecule has 110 valence electrons. The Morgan fingerprint density at radius 3 is 2.48 bits per heavy atom. The average molecular weight is 279 g/mol. The van der Waals surface area contributed by atoms with Crippen LogP contribution < -0.4 is 5.32 Å². The standard InChI is InChI=1S/C20H25N/c1-14-9-5-7-11-17(14)15(2)21-19-18-12-8-6-10-16(18)13-20(19,3)4/h5-12,15,19,21H,13H2,1-4H3/t15-,19?/m1/s1. The molecule has 1 nitrogen and oxygen atoms in total. The zero-order valence-electron chi connectivity index (χ0n) is 13.5. The summed E-state index contributed by atoms with van der Waals surface area (Å²) in [6.45, 7) is 9.21. The summed E-state index contributed by atoms with van der Waals surface area (Å²) in [6.07, 6.45) is 1.15. The molecule has 0 amide bonds. The van der Waals surface area contributed by atoms with Gasteiger partial charge in [-0.15, -0.1) is 0 Å². The fourth-order valence-electron chi connectivity index (χ4n) is 3.72. The topological polar surface area (TPSA) is 12.0 Å². The van der Waals surface area contributed by atoms with Crippen molar-refractivity contribution in [2.45, 2.75) is 46.2 Å². The molecule has 0 radical (unpaired) electrons. The second kappa shape index (κ2) is 5.31. The molecular formula is C20H25N. The Balaban J connectivity index is 1.89. The van der Waals surface area contributed by atoms with E-state index in [0.29, 0.717) is 12.1 Å². The summed E-state index contributed by atoms with van der Waals surface area (Å²) >= 11 is 0. The highest BCUT2D eigenvalue weighted by molar-refractivity contribution is 5.38. The van der Waals surface area contributed by atoms with Crippen molar-refractivity contribution in [3.8, 4) is 0 Å².